The van der Waals surface area contributed by atoms with Crippen molar-refractivity contribution >= 4 is 30.4 Å². The largest absolute Gasteiger partial charge is 0.469 e. The van der Waals surface area contributed by atoms with Crippen LogP contribution in [0.2, 0.25) is 0 Å². The highest BCUT2D eigenvalue weighted by Crippen LogP contribution is 2.41. The Balaban J connectivity index is 3.16. The third-order valence-electron chi connectivity index (χ3n) is 2.04. The van der Waals surface area contributed by atoms with Crippen LogP contribution >= 0.6 is 24.4 Å². The molecule has 1 aromatic rings. The molecule has 0 unspecified atom stereocenters. The van der Waals surface area contributed by atoms with E-state index in [1.165, 1.54) is 19.2 Å². The molecule has 0 N–H and O–H groups in total. The van der Waals surface area contributed by atoms with Gasteiger partial charge in [0.2, 0.25) is 0 Å². The summed E-state index contributed by atoms with van der Waals surface area (Å²) in [6.07, 6.45) is -0.129. The Kier molecular flexibility index (Phi) is 5.14. The molecular formula is C11H8F3NO2S2. The quantitative estimate of drug-likeness (QED) is 0.529. The number of nitrogens with zero attached hydrogens (tertiary/aromatic N) is 1. The fourth-order valence-corrected chi connectivity index (χ4v) is 2.35. The van der Waals surface area contributed by atoms with Crippen molar-refractivity contribution in [2.75, 3.05) is 7.11 Å². The van der Waals surface area contributed by atoms with Gasteiger partial charge in [-0.2, -0.15) is 18.4 Å². The van der Waals surface area contributed by atoms with Crippen molar-refractivity contribution in [3.05, 3.63) is 23.3 Å². The van der Waals surface area contributed by atoms with Gasteiger partial charge in [-0.3, -0.25) is 4.79 Å². The maximum atomic E-state index is 12.3. The first-order valence-corrected chi connectivity index (χ1v) is 6.11. The number of esters is 1. The number of methoxy groups -OCH3 is 1. The molecule has 0 fully saturated rings. The van der Waals surface area contributed by atoms with Crippen LogP contribution in [0, 0.1) is 11.3 Å². The Morgan fingerprint density at radius 3 is 2.63 bits per heavy atom. The number of carbonyl (C=O) groups is 1. The second-order valence-corrected chi connectivity index (χ2v) is 4.96. The lowest BCUT2D eigenvalue weighted by molar-refractivity contribution is -0.139. The number of carbonyl (C=O) groups excluding carboxylic acids is 1. The Labute approximate surface area is 117 Å². The number of ether oxygens (including phenoxy) is 1. The number of rotatable bonds is 3. The second-order valence-electron chi connectivity index (χ2n) is 3.40. The van der Waals surface area contributed by atoms with Gasteiger partial charge in [-0.15, -0.1) is 12.6 Å². The zero-order valence-corrected chi connectivity index (χ0v) is 11.3. The summed E-state index contributed by atoms with van der Waals surface area (Å²) in [7, 11) is 1.20. The summed E-state index contributed by atoms with van der Waals surface area (Å²) in [5.74, 6) is -0.548. The number of nitriles is 1. The first-order valence-electron chi connectivity index (χ1n) is 4.85. The lowest BCUT2D eigenvalue weighted by Crippen LogP contribution is -2.06. The molecule has 0 saturated heterocycles. The minimum absolute atomic E-state index is 0.000257. The summed E-state index contributed by atoms with van der Waals surface area (Å²) in [5, 5.41) is 8.87. The standard InChI is InChI=1S/C11H8F3NO2S2/c1-17-9(16)4-6-2-7(5-15)10(8(18)3-6)19-11(12,13)14/h2-3,18H,4H2,1H3. The zero-order chi connectivity index (χ0) is 14.6. The maximum absolute atomic E-state index is 12.3. The summed E-state index contributed by atoms with van der Waals surface area (Å²) in [6, 6.07) is 4.21. The Hall–Kier alpha value is -1.33. The summed E-state index contributed by atoms with van der Waals surface area (Å²) in [5.41, 5.74) is -4.30. The van der Waals surface area contributed by atoms with Gasteiger partial charge in [-0.25, -0.2) is 0 Å². The molecule has 0 spiro atoms. The summed E-state index contributed by atoms with van der Waals surface area (Å²) < 4.78 is 41.5. The number of thioether (sulfide) groups is 1. The first-order chi connectivity index (χ1) is 8.76. The number of alkyl halides is 3. The summed E-state index contributed by atoms with van der Waals surface area (Å²) in [6.45, 7) is 0. The summed E-state index contributed by atoms with van der Waals surface area (Å²) in [4.78, 5) is 10.8. The van der Waals surface area contributed by atoms with E-state index in [2.05, 4.69) is 17.4 Å². The van der Waals surface area contributed by atoms with Crippen molar-refractivity contribution in [1.82, 2.24) is 0 Å². The van der Waals surface area contributed by atoms with Crippen molar-refractivity contribution in [2.24, 2.45) is 0 Å². The Morgan fingerprint density at radius 2 is 2.16 bits per heavy atom. The molecule has 0 heterocycles. The minimum atomic E-state index is -4.51. The predicted octanol–water partition coefficient (Wildman–Crippen LogP) is 3.17. The van der Waals surface area contributed by atoms with Crippen molar-refractivity contribution in [1.29, 1.82) is 5.26 Å². The zero-order valence-electron chi connectivity index (χ0n) is 9.61. The third kappa shape index (κ3) is 4.69. The topological polar surface area (TPSA) is 50.1 Å². The fraction of sp³-hybridized carbons (Fsp3) is 0.273. The van der Waals surface area contributed by atoms with E-state index >= 15 is 0 Å². The molecule has 0 saturated carbocycles. The van der Waals surface area contributed by atoms with Crippen LogP contribution in [0.15, 0.2) is 21.9 Å². The molecule has 0 amide bonds. The monoisotopic (exact) mass is 307 g/mol. The van der Waals surface area contributed by atoms with Gasteiger partial charge in [-0.05, 0) is 29.5 Å². The normalized spacial score (nSPS) is 10.9. The van der Waals surface area contributed by atoms with Crippen LogP contribution in [-0.4, -0.2) is 18.6 Å². The molecule has 8 heteroatoms. The third-order valence-corrected chi connectivity index (χ3v) is 3.42. The average Bonchev–Trinajstić information content (AvgIpc) is 2.30. The van der Waals surface area contributed by atoms with Crippen LogP contribution in [0.4, 0.5) is 13.2 Å². The number of thiol groups is 1. The number of hydrogen-bond donors (Lipinski definition) is 1. The van der Waals surface area contributed by atoms with Crippen molar-refractivity contribution < 1.29 is 22.7 Å². The van der Waals surface area contributed by atoms with Crippen LogP contribution in [0.3, 0.4) is 0 Å². The first kappa shape index (κ1) is 15.7. The minimum Gasteiger partial charge on any atom is -0.469 e. The molecule has 0 bridgehead atoms. The van der Waals surface area contributed by atoms with Crippen LogP contribution in [0.5, 0.6) is 0 Å². The molecule has 19 heavy (non-hydrogen) atoms. The van der Waals surface area contributed by atoms with Gasteiger partial charge in [0.25, 0.3) is 0 Å². The number of halogens is 3. The molecule has 1 rings (SSSR count). The highest BCUT2D eigenvalue weighted by Gasteiger charge is 2.31. The molecule has 0 aliphatic heterocycles. The maximum Gasteiger partial charge on any atom is 0.446 e. The van der Waals surface area contributed by atoms with Gasteiger partial charge >= 0.3 is 11.5 Å². The molecule has 0 radical (unpaired) electrons. The highest BCUT2D eigenvalue weighted by molar-refractivity contribution is 8.00. The highest BCUT2D eigenvalue weighted by atomic mass is 32.2. The molecule has 1 aromatic carbocycles. The van der Waals surface area contributed by atoms with Crippen LogP contribution in [0.1, 0.15) is 11.1 Å². The molecule has 0 aliphatic carbocycles. The Morgan fingerprint density at radius 1 is 1.53 bits per heavy atom. The van der Waals surface area contributed by atoms with Crippen molar-refractivity contribution in [2.45, 2.75) is 21.7 Å². The van der Waals surface area contributed by atoms with Gasteiger partial charge in [0.15, 0.2) is 0 Å². The van der Waals surface area contributed by atoms with Gasteiger partial charge in [0, 0.05) is 9.79 Å². The molecular weight excluding hydrogens is 299 g/mol. The van der Waals surface area contributed by atoms with E-state index in [1.54, 1.807) is 6.07 Å². The molecule has 102 valence electrons. The molecule has 0 aliphatic rings. The molecule has 0 atom stereocenters. The van der Waals surface area contributed by atoms with Crippen molar-refractivity contribution in [3.63, 3.8) is 0 Å². The van der Waals surface area contributed by atoms with E-state index in [4.69, 9.17) is 5.26 Å². The van der Waals surface area contributed by atoms with Crippen LogP contribution in [0.25, 0.3) is 0 Å². The SMILES string of the molecule is COC(=O)Cc1cc(S)c(SC(F)(F)F)c(C#N)c1. The van der Waals surface area contributed by atoms with Crippen molar-refractivity contribution in [3.8, 4) is 6.07 Å². The molecule has 3 nitrogen and oxygen atoms in total. The average molecular weight is 307 g/mol. The predicted molar refractivity (Wildman–Crippen MR) is 66.0 cm³/mol. The van der Waals surface area contributed by atoms with E-state index in [1.807, 2.05) is 0 Å². The van der Waals surface area contributed by atoms with Gasteiger partial charge < -0.3 is 4.74 Å². The summed E-state index contributed by atoms with van der Waals surface area (Å²) >= 11 is 3.53. The van der Waals surface area contributed by atoms with Crippen LogP contribution in [-0.2, 0) is 16.0 Å². The van der Waals surface area contributed by atoms with E-state index in [-0.39, 0.29) is 21.8 Å². The second kappa shape index (κ2) is 6.21. The number of hydrogen-bond acceptors (Lipinski definition) is 5. The lowest BCUT2D eigenvalue weighted by atomic mass is 10.1. The van der Waals surface area contributed by atoms with Crippen LogP contribution < -0.4 is 0 Å². The van der Waals surface area contributed by atoms with E-state index in [0.29, 0.717) is 5.56 Å². The van der Waals surface area contributed by atoms with E-state index in [9.17, 15) is 18.0 Å². The fourth-order valence-electron chi connectivity index (χ4n) is 1.32. The van der Waals surface area contributed by atoms with Gasteiger partial charge in [0.05, 0.1) is 19.1 Å². The number of benzene rings is 1. The van der Waals surface area contributed by atoms with E-state index in [0.717, 1.165) is 0 Å². The lowest BCUT2D eigenvalue weighted by Gasteiger charge is -2.11. The molecule has 0 aromatic heterocycles. The van der Waals surface area contributed by atoms with Gasteiger partial charge in [0.1, 0.15) is 6.07 Å². The van der Waals surface area contributed by atoms with Gasteiger partial charge in [-0.1, -0.05) is 0 Å². The van der Waals surface area contributed by atoms with E-state index < -0.39 is 23.2 Å². The smallest absolute Gasteiger partial charge is 0.446 e. The Bertz CT molecular complexity index is 538.